The highest BCUT2D eigenvalue weighted by Gasteiger charge is 2.18. The van der Waals surface area contributed by atoms with E-state index in [1.54, 1.807) is 23.5 Å². The Morgan fingerprint density at radius 2 is 1.92 bits per heavy atom. The van der Waals surface area contributed by atoms with Crippen LogP contribution in [0.4, 0.5) is 0 Å². The lowest BCUT2D eigenvalue weighted by Gasteiger charge is -2.10. The average molecular weight is 334 g/mol. The summed E-state index contributed by atoms with van der Waals surface area (Å²) < 4.78 is 7.02. The summed E-state index contributed by atoms with van der Waals surface area (Å²) in [6.07, 6.45) is 3.91. The molecule has 0 N–H and O–H groups in total. The molecule has 2 aromatic carbocycles. The van der Waals surface area contributed by atoms with Gasteiger partial charge in [0.2, 0.25) is 5.16 Å². The zero-order valence-corrected chi connectivity index (χ0v) is 13.8. The number of fused-ring (bicyclic) bond motifs is 1. The first-order chi connectivity index (χ1) is 11.8. The molecule has 0 spiro atoms. The van der Waals surface area contributed by atoms with Gasteiger partial charge in [0, 0.05) is 10.5 Å². The summed E-state index contributed by atoms with van der Waals surface area (Å²) in [5.74, 6) is 1.48. The molecule has 0 unspecified atom stereocenters. The van der Waals surface area contributed by atoms with Crippen LogP contribution < -0.4 is 4.74 Å². The molecule has 4 rings (SSSR count). The monoisotopic (exact) mass is 334 g/mol. The molecular formula is C18H14N4OS. The van der Waals surface area contributed by atoms with E-state index in [1.165, 1.54) is 0 Å². The third-order valence-electron chi connectivity index (χ3n) is 3.56. The van der Waals surface area contributed by atoms with Crippen LogP contribution in [0.5, 0.6) is 5.75 Å². The number of allylic oxidation sites excluding steroid dienone is 1. The molecule has 0 saturated heterocycles. The number of hydrogen-bond acceptors (Lipinski definition) is 5. The van der Waals surface area contributed by atoms with Crippen molar-refractivity contribution < 1.29 is 4.74 Å². The molecule has 0 atom stereocenters. The van der Waals surface area contributed by atoms with Gasteiger partial charge >= 0.3 is 0 Å². The van der Waals surface area contributed by atoms with Crippen molar-refractivity contribution in [3.8, 4) is 17.1 Å². The minimum absolute atomic E-state index is 0.700. The van der Waals surface area contributed by atoms with E-state index in [9.17, 15) is 0 Å². The van der Waals surface area contributed by atoms with Crippen LogP contribution in [0.1, 0.15) is 5.56 Å². The zero-order chi connectivity index (χ0) is 16.4. The van der Waals surface area contributed by atoms with Crippen molar-refractivity contribution in [3.05, 3.63) is 65.1 Å². The summed E-state index contributed by atoms with van der Waals surface area (Å²) in [6.45, 7) is 0. The molecule has 6 heteroatoms. The van der Waals surface area contributed by atoms with Gasteiger partial charge in [-0.2, -0.15) is 9.78 Å². The fourth-order valence-corrected chi connectivity index (χ4v) is 3.21. The van der Waals surface area contributed by atoms with Crippen molar-refractivity contribution in [2.24, 2.45) is 5.10 Å². The number of hydrogen-bond donors (Lipinski definition) is 0. The predicted octanol–water partition coefficient (Wildman–Crippen LogP) is 3.93. The Morgan fingerprint density at radius 1 is 1.04 bits per heavy atom. The molecule has 118 valence electrons. The third kappa shape index (κ3) is 2.83. The molecule has 0 bridgehead atoms. The van der Waals surface area contributed by atoms with Crippen LogP contribution in [0, 0.1) is 0 Å². The Balaban J connectivity index is 1.67. The summed E-state index contributed by atoms with van der Waals surface area (Å²) >= 11 is 1.55. The van der Waals surface area contributed by atoms with Crippen molar-refractivity contribution in [1.82, 2.24) is 14.9 Å². The number of thioether (sulfide) groups is 1. The van der Waals surface area contributed by atoms with Crippen LogP contribution in [0.3, 0.4) is 0 Å². The molecule has 2 heterocycles. The second-order valence-corrected chi connectivity index (χ2v) is 6.19. The first kappa shape index (κ1) is 14.7. The molecular weight excluding hydrogens is 320 g/mol. The fourth-order valence-electron chi connectivity index (χ4n) is 2.40. The van der Waals surface area contributed by atoms with Gasteiger partial charge in [0.1, 0.15) is 5.75 Å². The summed E-state index contributed by atoms with van der Waals surface area (Å²) in [6, 6.07) is 17.9. The molecule has 0 amide bonds. The van der Waals surface area contributed by atoms with Crippen LogP contribution in [0.25, 0.3) is 17.5 Å². The minimum atomic E-state index is 0.700. The van der Waals surface area contributed by atoms with Crippen molar-refractivity contribution >= 4 is 24.1 Å². The molecule has 0 radical (unpaired) electrons. The van der Waals surface area contributed by atoms with Gasteiger partial charge in [-0.15, -0.1) is 10.2 Å². The molecule has 5 nitrogen and oxygen atoms in total. The number of methoxy groups -OCH3 is 1. The lowest BCUT2D eigenvalue weighted by molar-refractivity contribution is 0.415. The lowest BCUT2D eigenvalue weighted by atomic mass is 10.2. The van der Waals surface area contributed by atoms with E-state index in [2.05, 4.69) is 33.5 Å². The lowest BCUT2D eigenvalue weighted by Crippen LogP contribution is -2.01. The van der Waals surface area contributed by atoms with Gasteiger partial charge in [0.05, 0.1) is 13.3 Å². The first-order valence-corrected chi connectivity index (χ1v) is 8.24. The molecule has 24 heavy (non-hydrogen) atoms. The normalized spacial score (nSPS) is 14.6. The Bertz CT molecular complexity index is 931. The minimum Gasteiger partial charge on any atom is -0.497 e. The van der Waals surface area contributed by atoms with Gasteiger partial charge < -0.3 is 4.74 Å². The summed E-state index contributed by atoms with van der Waals surface area (Å²) in [5, 5.41) is 13.8. The van der Waals surface area contributed by atoms with Crippen molar-refractivity contribution in [2.75, 3.05) is 7.11 Å². The average Bonchev–Trinajstić information content (AvgIpc) is 3.06. The Kier molecular flexibility index (Phi) is 3.88. The van der Waals surface area contributed by atoms with E-state index in [4.69, 9.17) is 4.74 Å². The standard InChI is InChI=1S/C18H14N4OS/c1-23-15-9-5-8-14(11-15)17-20-21-18-22(17)19-12-16(24-18)10-13-6-3-2-4-7-13/h2-12H,1H3. The number of ether oxygens (including phenoxy) is 1. The van der Waals surface area contributed by atoms with Gasteiger partial charge in [0.25, 0.3) is 0 Å². The number of nitrogens with zero attached hydrogens (tertiary/aromatic N) is 4. The van der Waals surface area contributed by atoms with E-state index in [1.807, 2.05) is 48.7 Å². The zero-order valence-electron chi connectivity index (χ0n) is 13.0. The summed E-state index contributed by atoms with van der Waals surface area (Å²) in [7, 11) is 1.65. The highest BCUT2D eigenvalue weighted by atomic mass is 32.2. The first-order valence-electron chi connectivity index (χ1n) is 7.42. The van der Waals surface area contributed by atoms with Crippen LogP contribution in [0.15, 0.2) is 69.8 Å². The SMILES string of the molecule is COc1cccc(-c2nnc3n2N=CC(=Cc2ccccc2)S3)c1. The topological polar surface area (TPSA) is 52.3 Å². The summed E-state index contributed by atoms with van der Waals surface area (Å²) in [5.41, 5.74) is 2.05. The molecule has 0 aliphatic carbocycles. The van der Waals surface area contributed by atoms with Gasteiger partial charge in [0.15, 0.2) is 5.82 Å². The quantitative estimate of drug-likeness (QED) is 0.728. The van der Waals surface area contributed by atoms with Crippen molar-refractivity contribution in [3.63, 3.8) is 0 Å². The van der Waals surface area contributed by atoms with Gasteiger partial charge in [-0.1, -0.05) is 42.5 Å². The second-order valence-electron chi connectivity index (χ2n) is 5.15. The Labute approximate surface area is 143 Å². The number of rotatable bonds is 3. The van der Waals surface area contributed by atoms with Crippen LogP contribution in [-0.2, 0) is 0 Å². The largest absolute Gasteiger partial charge is 0.497 e. The van der Waals surface area contributed by atoms with Crippen LogP contribution in [0.2, 0.25) is 0 Å². The molecule has 3 aromatic rings. The highest BCUT2D eigenvalue weighted by molar-refractivity contribution is 8.04. The number of benzene rings is 2. The molecule has 0 fully saturated rings. The molecule has 1 aliphatic heterocycles. The van der Waals surface area contributed by atoms with E-state index < -0.39 is 0 Å². The predicted molar refractivity (Wildman–Crippen MR) is 96.2 cm³/mol. The van der Waals surface area contributed by atoms with Gasteiger partial charge in [-0.3, -0.25) is 0 Å². The van der Waals surface area contributed by atoms with E-state index in [0.717, 1.165) is 26.9 Å². The molecule has 0 saturated carbocycles. The van der Waals surface area contributed by atoms with E-state index in [0.29, 0.717) is 5.82 Å². The maximum atomic E-state index is 5.27. The maximum Gasteiger partial charge on any atom is 0.217 e. The smallest absolute Gasteiger partial charge is 0.217 e. The van der Waals surface area contributed by atoms with Gasteiger partial charge in [-0.05, 0) is 35.5 Å². The van der Waals surface area contributed by atoms with E-state index >= 15 is 0 Å². The molecule has 1 aliphatic rings. The van der Waals surface area contributed by atoms with E-state index in [-0.39, 0.29) is 0 Å². The highest BCUT2D eigenvalue weighted by Crippen LogP contribution is 2.32. The maximum absolute atomic E-state index is 5.27. The van der Waals surface area contributed by atoms with Crippen LogP contribution >= 0.6 is 11.8 Å². The van der Waals surface area contributed by atoms with Crippen molar-refractivity contribution in [1.29, 1.82) is 0 Å². The Morgan fingerprint density at radius 3 is 2.75 bits per heavy atom. The number of aromatic nitrogens is 3. The van der Waals surface area contributed by atoms with Crippen molar-refractivity contribution in [2.45, 2.75) is 5.16 Å². The molecule has 1 aromatic heterocycles. The third-order valence-corrected chi connectivity index (χ3v) is 4.45. The second kappa shape index (κ2) is 6.33. The fraction of sp³-hybridized carbons (Fsp3) is 0.0556. The van der Waals surface area contributed by atoms with Crippen LogP contribution in [-0.4, -0.2) is 28.2 Å². The summed E-state index contributed by atoms with van der Waals surface area (Å²) in [4.78, 5) is 1.03. The Hall–Kier alpha value is -2.86. The van der Waals surface area contributed by atoms with Gasteiger partial charge in [-0.25, -0.2) is 0 Å².